The van der Waals surface area contributed by atoms with Crippen LogP contribution in [0.5, 0.6) is 0 Å². The van der Waals surface area contributed by atoms with Crippen LogP contribution in [0.15, 0.2) is 24.3 Å². The van der Waals surface area contributed by atoms with Gasteiger partial charge in [0, 0.05) is 12.4 Å². The molecule has 0 bridgehead atoms. The Balaban J connectivity index is 2.96. The maximum atomic E-state index is 9.46. The average molecular weight is 186 g/mol. The topological polar surface area (TPSA) is 46.2 Å². The van der Waals surface area contributed by atoms with Crippen LogP contribution in [0.25, 0.3) is 0 Å². The second-order valence-corrected chi connectivity index (χ2v) is 2.85. The lowest BCUT2D eigenvalue weighted by molar-refractivity contribution is 0.186. The number of aliphatic hydroxyl groups is 1. The van der Waals surface area contributed by atoms with E-state index in [0.717, 1.165) is 11.1 Å². The summed E-state index contributed by atoms with van der Waals surface area (Å²) in [5, 5.41) is 9.46. The second kappa shape index (κ2) is 4.45. The lowest BCUT2D eigenvalue weighted by Crippen LogP contribution is -2.12. The monoisotopic (exact) mass is 185 g/mol. The number of alkyl halides is 1. The van der Waals surface area contributed by atoms with Crippen molar-refractivity contribution in [3.63, 3.8) is 0 Å². The van der Waals surface area contributed by atoms with Gasteiger partial charge in [-0.05, 0) is 11.1 Å². The number of halogens is 1. The first-order valence-corrected chi connectivity index (χ1v) is 4.35. The van der Waals surface area contributed by atoms with Crippen LogP contribution in [0, 0.1) is 0 Å². The Bertz CT molecular complexity index is 252. The summed E-state index contributed by atoms with van der Waals surface area (Å²) >= 11 is 5.68. The molecule has 1 aromatic carbocycles. The van der Waals surface area contributed by atoms with Gasteiger partial charge in [0.15, 0.2) is 0 Å². The summed E-state index contributed by atoms with van der Waals surface area (Å²) in [6.45, 7) is 0.230. The highest BCUT2D eigenvalue weighted by Crippen LogP contribution is 2.18. The zero-order valence-electron chi connectivity index (χ0n) is 6.70. The van der Waals surface area contributed by atoms with Gasteiger partial charge in [0.2, 0.25) is 0 Å². The molecule has 2 nitrogen and oxygen atoms in total. The molecule has 1 rings (SSSR count). The van der Waals surface area contributed by atoms with Crippen LogP contribution in [-0.4, -0.2) is 11.7 Å². The quantitative estimate of drug-likeness (QED) is 0.700. The van der Waals surface area contributed by atoms with E-state index >= 15 is 0 Å². The van der Waals surface area contributed by atoms with Crippen molar-refractivity contribution >= 4 is 11.6 Å². The molecular formula is C9H12ClNO. The van der Waals surface area contributed by atoms with Gasteiger partial charge in [-0.2, -0.15) is 0 Å². The zero-order valence-corrected chi connectivity index (χ0v) is 7.46. The molecule has 0 amide bonds. The highest BCUT2D eigenvalue weighted by molar-refractivity contribution is 6.17. The van der Waals surface area contributed by atoms with Gasteiger partial charge in [-0.15, -0.1) is 11.6 Å². The maximum absolute atomic E-state index is 9.46. The standard InChI is InChI=1S/C9H12ClNO/c10-5-7-3-1-2-4-8(7)9(12)6-11/h1-4,9,12H,5-6,11H2. The third-order valence-corrected chi connectivity index (χ3v) is 2.07. The molecule has 66 valence electrons. The van der Waals surface area contributed by atoms with Crippen LogP contribution in [-0.2, 0) is 5.88 Å². The second-order valence-electron chi connectivity index (χ2n) is 2.58. The first-order chi connectivity index (χ1) is 5.79. The normalized spacial score (nSPS) is 12.9. The van der Waals surface area contributed by atoms with Crippen molar-refractivity contribution in [2.75, 3.05) is 6.54 Å². The smallest absolute Gasteiger partial charge is 0.0915 e. The molecule has 0 aliphatic rings. The third kappa shape index (κ3) is 1.97. The van der Waals surface area contributed by atoms with Gasteiger partial charge >= 0.3 is 0 Å². The van der Waals surface area contributed by atoms with E-state index in [1.54, 1.807) is 0 Å². The fourth-order valence-corrected chi connectivity index (χ4v) is 1.35. The van der Waals surface area contributed by atoms with Gasteiger partial charge in [0.25, 0.3) is 0 Å². The van der Waals surface area contributed by atoms with Crippen molar-refractivity contribution in [1.29, 1.82) is 0 Å². The molecule has 0 saturated carbocycles. The van der Waals surface area contributed by atoms with Gasteiger partial charge in [-0.1, -0.05) is 24.3 Å². The molecule has 0 heterocycles. The summed E-state index contributed by atoms with van der Waals surface area (Å²) in [4.78, 5) is 0. The van der Waals surface area contributed by atoms with E-state index in [0.29, 0.717) is 5.88 Å². The minimum absolute atomic E-state index is 0.230. The largest absolute Gasteiger partial charge is 0.387 e. The molecule has 0 aliphatic carbocycles. The van der Waals surface area contributed by atoms with Crippen molar-refractivity contribution in [1.82, 2.24) is 0 Å². The summed E-state index contributed by atoms with van der Waals surface area (Å²) < 4.78 is 0. The van der Waals surface area contributed by atoms with Crippen molar-refractivity contribution in [3.8, 4) is 0 Å². The van der Waals surface area contributed by atoms with E-state index in [-0.39, 0.29) is 6.54 Å². The minimum Gasteiger partial charge on any atom is -0.387 e. The van der Waals surface area contributed by atoms with E-state index in [4.69, 9.17) is 17.3 Å². The molecule has 0 saturated heterocycles. The van der Waals surface area contributed by atoms with Crippen molar-refractivity contribution in [3.05, 3.63) is 35.4 Å². The summed E-state index contributed by atoms with van der Waals surface area (Å²) in [6.07, 6.45) is -0.597. The summed E-state index contributed by atoms with van der Waals surface area (Å²) in [5.74, 6) is 0.410. The number of rotatable bonds is 3. The van der Waals surface area contributed by atoms with Gasteiger partial charge in [0.05, 0.1) is 6.10 Å². The molecule has 0 spiro atoms. The Morgan fingerprint density at radius 1 is 1.42 bits per heavy atom. The fraction of sp³-hybridized carbons (Fsp3) is 0.333. The van der Waals surface area contributed by atoms with E-state index in [2.05, 4.69) is 0 Å². The molecule has 1 atom stereocenters. The van der Waals surface area contributed by atoms with Crippen LogP contribution in [0.4, 0.5) is 0 Å². The predicted octanol–water partition coefficient (Wildman–Crippen LogP) is 1.42. The van der Waals surface area contributed by atoms with E-state index in [1.807, 2.05) is 24.3 Å². The number of hydrogen-bond acceptors (Lipinski definition) is 2. The van der Waals surface area contributed by atoms with Gasteiger partial charge in [0.1, 0.15) is 0 Å². The predicted molar refractivity (Wildman–Crippen MR) is 50.0 cm³/mol. The van der Waals surface area contributed by atoms with Crippen LogP contribution < -0.4 is 5.73 Å². The van der Waals surface area contributed by atoms with E-state index in [1.165, 1.54) is 0 Å². The van der Waals surface area contributed by atoms with Crippen molar-refractivity contribution in [2.24, 2.45) is 5.73 Å². The fourth-order valence-electron chi connectivity index (χ4n) is 1.11. The Kier molecular flexibility index (Phi) is 3.53. The number of nitrogens with two attached hydrogens (primary N) is 1. The number of hydrogen-bond donors (Lipinski definition) is 2. The molecule has 3 heteroatoms. The first kappa shape index (κ1) is 9.52. The van der Waals surface area contributed by atoms with E-state index < -0.39 is 6.10 Å². The van der Waals surface area contributed by atoms with Crippen LogP contribution in [0.2, 0.25) is 0 Å². The highest BCUT2D eigenvalue weighted by atomic mass is 35.5. The van der Waals surface area contributed by atoms with E-state index in [9.17, 15) is 5.11 Å². The molecule has 0 aliphatic heterocycles. The number of benzene rings is 1. The van der Waals surface area contributed by atoms with Gasteiger partial charge in [-0.3, -0.25) is 0 Å². The molecule has 0 radical (unpaired) electrons. The van der Waals surface area contributed by atoms with Crippen LogP contribution in [0.1, 0.15) is 17.2 Å². The highest BCUT2D eigenvalue weighted by Gasteiger charge is 2.08. The van der Waals surface area contributed by atoms with Crippen LogP contribution >= 0.6 is 11.6 Å². The average Bonchev–Trinajstić information content (AvgIpc) is 2.16. The molecule has 3 N–H and O–H groups in total. The first-order valence-electron chi connectivity index (χ1n) is 3.81. The lowest BCUT2D eigenvalue weighted by Gasteiger charge is -2.11. The Morgan fingerprint density at radius 3 is 2.67 bits per heavy atom. The summed E-state index contributed by atoms with van der Waals surface area (Å²) in [7, 11) is 0. The number of aliphatic hydroxyl groups excluding tert-OH is 1. The lowest BCUT2D eigenvalue weighted by atomic mass is 10.0. The maximum Gasteiger partial charge on any atom is 0.0915 e. The zero-order chi connectivity index (χ0) is 8.97. The SMILES string of the molecule is NCC(O)c1ccccc1CCl. The Hall–Kier alpha value is -0.570. The van der Waals surface area contributed by atoms with Crippen molar-refractivity contribution < 1.29 is 5.11 Å². The molecule has 0 fully saturated rings. The molecule has 0 aromatic heterocycles. The van der Waals surface area contributed by atoms with Gasteiger partial charge < -0.3 is 10.8 Å². The molecule has 1 aromatic rings. The molecule has 12 heavy (non-hydrogen) atoms. The molecular weight excluding hydrogens is 174 g/mol. The molecule has 1 unspecified atom stereocenters. The van der Waals surface area contributed by atoms with Crippen molar-refractivity contribution in [2.45, 2.75) is 12.0 Å². The summed E-state index contributed by atoms with van der Waals surface area (Å²) in [5.41, 5.74) is 7.11. The Morgan fingerprint density at radius 2 is 2.08 bits per heavy atom. The van der Waals surface area contributed by atoms with Crippen LogP contribution in [0.3, 0.4) is 0 Å². The summed E-state index contributed by atoms with van der Waals surface area (Å²) in [6, 6.07) is 7.49. The minimum atomic E-state index is -0.597. The Labute approximate surface area is 77.0 Å². The van der Waals surface area contributed by atoms with Gasteiger partial charge in [-0.25, -0.2) is 0 Å². The third-order valence-electron chi connectivity index (χ3n) is 1.78.